The van der Waals surface area contributed by atoms with Gasteiger partial charge in [0.25, 0.3) is 0 Å². The van der Waals surface area contributed by atoms with Gasteiger partial charge in [0.05, 0.1) is 6.61 Å². The molecule has 0 saturated heterocycles. The van der Waals surface area contributed by atoms with Crippen LogP contribution in [0.4, 0.5) is 5.69 Å². The van der Waals surface area contributed by atoms with Gasteiger partial charge >= 0.3 is 0 Å². The third-order valence-electron chi connectivity index (χ3n) is 3.05. The van der Waals surface area contributed by atoms with Crippen LogP contribution in [0.15, 0.2) is 48.5 Å². The normalized spacial score (nSPS) is 10.3. The molecule has 2 rings (SSSR count). The van der Waals surface area contributed by atoms with Crippen molar-refractivity contribution < 1.29 is 9.53 Å². The molecule has 0 aliphatic rings. The van der Waals surface area contributed by atoms with Crippen molar-refractivity contribution in [2.24, 2.45) is 0 Å². The topological polar surface area (TPSA) is 38.3 Å². The molecular weight excluding hydrogens is 250 g/mol. The first-order valence-corrected chi connectivity index (χ1v) is 6.64. The van der Waals surface area contributed by atoms with Crippen LogP contribution in [0, 0.1) is 13.8 Å². The lowest BCUT2D eigenvalue weighted by Gasteiger charge is -2.08. The Hall–Kier alpha value is -2.13. The number of carbonyl (C=O) groups is 1. The summed E-state index contributed by atoms with van der Waals surface area (Å²) in [6, 6.07) is 15.6. The van der Waals surface area contributed by atoms with E-state index < -0.39 is 0 Å². The maximum absolute atomic E-state index is 11.7. The Kier molecular flexibility index (Phi) is 4.91. The van der Waals surface area contributed by atoms with Crippen molar-refractivity contribution in [2.45, 2.75) is 20.5 Å². The predicted molar refractivity (Wildman–Crippen MR) is 80.6 cm³/mol. The maximum atomic E-state index is 11.7. The number of carbonyl (C=O) groups excluding carboxylic acids is 1. The first-order chi connectivity index (χ1) is 9.65. The molecule has 0 heterocycles. The number of nitrogens with one attached hydrogen (secondary N) is 1. The van der Waals surface area contributed by atoms with Gasteiger partial charge in [0.1, 0.15) is 6.61 Å². The average molecular weight is 269 g/mol. The molecule has 0 saturated carbocycles. The van der Waals surface area contributed by atoms with Gasteiger partial charge in [-0.2, -0.15) is 0 Å². The van der Waals surface area contributed by atoms with Crippen molar-refractivity contribution in [1.29, 1.82) is 0 Å². The van der Waals surface area contributed by atoms with Gasteiger partial charge in [0, 0.05) is 5.69 Å². The first kappa shape index (κ1) is 14.3. The predicted octanol–water partition coefficient (Wildman–Crippen LogP) is 3.46. The van der Waals surface area contributed by atoms with Crippen molar-refractivity contribution in [3.63, 3.8) is 0 Å². The summed E-state index contributed by atoms with van der Waals surface area (Å²) in [5, 5.41) is 2.79. The highest BCUT2D eigenvalue weighted by molar-refractivity contribution is 5.91. The van der Waals surface area contributed by atoms with Gasteiger partial charge in [0.15, 0.2) is 0 Å². The van der Waals surface area contributed by atoms with Crippen molar-refractivity contribution in [3.8, 4) is 0 Å². The zero-order chi connectivity index (χ0) is 14.4. The van der Waals surface area contributed by atoms with Crippen LogP contribution in [0.5, 0.6) is 0 Å². The molecule has 0 bridgehead atoms. The van der Waals surface area contributed by atoms with Crippen molar-refractivity contribution in [2.75, 3.05) is 11.9 Å². The molecule has 0 aliphatic carbocycles. The van der Waals surface area contributed by atoms with E-state index in [2.05, 4.69) is 31.3 Å². The number of amides is 1. The van der Waals surface area contributed by atoms with Crippen LogP contribution in [-0.4, -0.2) is 12.5 Å². The molecule has 0 aromatic heterocycles. The van der Waals surface area contributed by atoms with E-state index in [4.69, 9.17) is 4.74 Å². The monoisotopic (exact) mass is 269 g/mol. The quantitative estimate of drug-likeness (QED) is 0.902. The van der Waals surface area contributed by atoms with Crippen LogP contribution in [0.2, 0.25) is 0 Å². The number of ether oxygens (including phenoxy) is 1. The summed E-state index contributed by atoms with van der Waals surface area (Å²) < 4.78 is 5.46. The minimum Gasteiger partial charge on any atom is -0.367 e. The second-order valence-corrected chi connectivity index (χ2v) is 4.84. The molecule has 1 N–H and O–H groups in total. The third kappa shape index (κ3) is 4.21. The van der Waals surface area contributed by atoms with Gasteiger partial charge in [-0.05, 0) is 37.1 Å². The molecule has 0 unspecified atom stereocenters. The van der Waals surface area contributed by atoms with E-state index in [1.807, 2.05) is 36.4 Å². The first-order valence-electron chi connectivity index (χ1n) is 6.64. The van der Waals surface area contributed by atoms with Crippen LogP contribution >= 0.6 is 0 Å². The Balaban J connectivity index is 1.79. The molecule has 0 aliphatic heterocycles. The molecule has 0 fully saturated rings. The summed E-state index contributed by atoms with van der Waals surface area (Å²) in [6.07, 6.45) is 0. The zero-order valence-corrected chi connectivity index (χ0v) is 11.8. The summed E-state index contributed by atoms with van der Waals surface area (Å²) in [5.74, 6) is -0.138. The van der Waals surface area contributed by atoms with E-state index in [9.17, 15) is 4.79 Å². The minimum atomic E-state index is -0.138. The molecule has 3 heteroatoms. The highest BCUT2D eigenvalue weighted by Gasteiger charge is 2.04. The number of rotatable bonds is 5. The Morgan fingerprint density at radius 3 is 2.55 bits per heavy atom. The minimum absolute atomic E-state index is 0.0577. The molecule has 104 valence electrons. The smallest absolute Gasteiger partial charge is 0.250 e. The molecule has 2 aromatic carbocycles. The van der Waals surface area contributed by atoms with Crippen LogP contribution in [0.3, 0.4) is 0 Å². The van der Waals surface area contributed by atoms with Crippen molar-refractivity contribution in [1.82, 2.24) is 0 Å². The lowest BCUT2D eigenvalue weighted by atomic mass is 10.1. The van der Waals surface area contributed by atoms with E-state index in [1.54, 1.807) is 0 Å². The summed E-state index contributed by atoms with van der Waals surface area (Å²) in [6.45, 7) is 4.62. The summed E-state index contributed by atoms with van der Waals surface area (Å²) in [4.78, 5) is 11.7. The highest BCUT2D eigenvalue weighted by Crippen LogP contribution is 2.11. The SMILES string of the molecule is Cc1ccc(COCC(=O)Nc2ccccc2)c(C)c1. The van der Waals surface area contributed by atoms with Gasteiger partial charge in [0.2, 0.25) is 5.91 Å². The summed E-state index contributed by atoms with van der Waals surface area (Å²) in [5.41, 5.74) is 4.32. The van der Waals surface area contributed by atoms with E-state index in [0.717, 1.165) is 11.3 Å². The summed E-state index contributed by atoms with van der Waals surface area (Å²) >= 11 is 0. The van der Waals surface area contributed by atoms with Gasteiger partial charge in [-0.1, -0.05) is 42.0 Å². The molecular formula is C17H19NO2. The molecule has 0 radical (unpaired) electrons. The van der Waals surface area contributed by atoms with Gasteiger partial charge in [-0.3, -0.25) is 4.79 Å². The maximum Gasteiger partial charge on any atom is 0.250 e. The number of para-hydroxylation sites is 1. The van der Waals surface area contributed by atoms with E-state index in [-0.39, 0.29) is 12.5 Å². The van der Waals surface area contributed by atoms with Gasteiger partial charge < -0.3 is 10.1 Å². The van der Waals surface area contributed by atoms with Crippen molar-refractivity contribution in [3.05, 3.63) is 65.2 Å². The fourth-order valence-electron chi connectivity index (χ4n) is 1.98. The molecule has 0 atom stereocenters. The number of aryl methyl sites for hydroxylation is 2. The Bertz CT molecular complexity index is 579. The van der Waals surface area contributed by atoms with Crippen LogP contribution < -0.4 is 5.32 Å². The fourth-order valence-corrected chi connectivity index (χ4v) is 1.98. The van der Waals surface area contributed by atoms with E-state index in [1.165, 1.54) is 11.1 Å². The number of hydrogen-bond donors (Lipinski definition) is 1. The Morgan fingerprint density at radius 2 is 1.85 bits per heavy atom. The van der Waals surface area contributed by atoms with E-state index >= 15 is 0 Å². The standard InChI is InChI=1S/C17H19NO2/c1-13-8-9-15(14(2)10-13)11-20-12-17(19)18-16-6-4-3-5-7-16/h3-10H,11-12H2,1-2H3,(H,18,19). The molecule has 20 heavy (non-hydrogen) atoms. The number of anilines is 1. The van der Waals surface area contributed by atoms with Crippen LogP contribution in [0.1, 0.15) is 16.7 Å². The van der Waals surface area contributed by atoms with E-state index in [0.29, 0.717) is 6.61 Å². The second-order valence-electron chi connectivity index (χ2n) is 4.84. The molecule has 1 amide bonds. The Morgan fingerprint density at radius 1 is 1.10 bits per heavy atom. The fraction of sp³-hybridized carbons (Fsp3) is 0.235. The van der Waals surface area contributed by atoms with Crippen LogP contribution in [0.25, 0.3) is 0 Å². The molecule has 2 aromatic rings. The van der Waals surface area contributed by atoms with Crippen molar-refractivity contribution >= 4 is 11.6 Å². The lowest BCUT2D eigenvalue weighted by Crippen LogP contribution is -2.18. The molecule has 3 nitrogen and oxygen atoms in total. The van der Waals surface area contributed by atoms with Gasteiger partial charge in [-0.25, -0.2) is 0 Å². The zero-order valence-electron chi connectivity index (χ0n) is 11.8. The largest absolute Gasteiger partial charge is 0.367 e. The lowest BCUT2D eigenvalue weighted by molar-refractivity contribution is -0.121. The molecule has 0 spiro atoms. The third-order valence-corrected chi connectivity index (χ3v) is 3.05. The highest BCUT2D eigenvalue weighted by atomic mass is 16.5. The number of hydrogen-bond acceptors (Lipinski definition) is 2. The number of benzene rings is 2. The van der Waals surface area contributed by atoms with Crippen LogP contribution in [-0.2, 0) is 16.1 Å². The Labute approximate surface area is 119 Å². The summed E-state index contributed by atoms with van der Waals surface area (Å²) in [7, 11) is 0. The average Bonchev–Trinajstić information content (AvgIpc) is 2.42. The van der Waals surface area contributed by atoms with Gasteiger partial charge in [-0.15, -0.1) is 0 Å². The second kappa shape index (κ2) is 6.87.